The Morgan fingerprint density at radius 1 is 0.900 bits per heavy atom. The summed E-state index contributed by atoms with van der Waals surface area (Å²) in [6.45, 7) is 1.37. The van der Waals surface area contributed by atoms with Crippen LogP contribution in [0.25, 0.3) is 32.8 Å². The van der Waals surface area contributed by atoms with Gasteiger partial charge in [0.1, 0.15) is 11.5 Å². The molecule has 7 rings (SSSR count). The Morgan fingerprint density at radius 3 is 2.20 bits per heavy atom. The molecule has 13 heteroatoms. The van der Waals surface area contributed by atoms with E-state index >= 15 is 0 Å². The van der Waals surface area contributed by atoms with Gasteiger partial charge in [0.2, 0.25) is 5.91 Å². The SMILES string of the molecule is O=C(O)[C@H](Cc1cccc2c(-c3nccc4c(CN5CCC(F)(F)C5)cccc34)cccc12)NC(=O)C1(C(F)(F)F)CCN(C2COC2)CC1. The van der Waals surface area contributed by atoms with Gasteiger partial charge in [-0.25, -0.2) is 13.6 Å². The van der Waals surface area contributed by atoms with Crippen molar-refractivity contribution in [1.82, 2.24) is 20.1 Å². The number of halogens is 5. The van der Waals surface area contributed by atoms with Gasteiger partial charge in [-0.15, -0.1) is 0 Å². The van der Waals surface area contributed by atoms with Gasteiger partial charge < -0.3 is 15.2 Å². The highest BCUT2D eigenvalue weighted by atomic mass is 19.4. The third-order valence-corrected chi connectivity index (χ3v) is 10.6. The minimum Gasteiger partial charge on any atom is -0.480 e. The molecule has 3 aromatic carbocycles. The van der Waals surface area contributed by atoms with Gasteiger partial charge in [-0.05, 0) is 59.3 Å². The number of carboxylic acid groups (broad SMARTS) is 1. The standard InChI is InChI=1S/C37H37F5N4O4/c38-36(39)13-15-45(22-36)19-24-5-2-8-29-27(24)10-14-43-32(29)30-9-3-6-26-23(4-1-7-28(26)30)18-31(33(47)48)44-34(49)35(37(40,41)42)11-16-46(17-12-35)25-20-50-21-25/h1-10,14,25,31H,11-13,15-22H2,(H,44,49)(H,47,48)/t31-/m0/s1. The van der Waals surface area contributed by atoms with E-state index in [-0.39, 0.29) is 38.5 Å². The second kappa shape index (κ2) is 13.2. The summed E-state index contributed by atoms with van der Waals surface area (Å²) in [4.78, 5) is 34.2. The molecule has 4 aromatic rings. The molecule has 50 heavy (non-hydrogen) atoms. The fourth-order valence-electron chi connectivity index (χ4n) is 7.63. The molecule has 2 N–H and O–H groups in total. The number of nitrogens with zero attached hydrogens (tertiary/aromatic N) is 3. The molecule has 0 radical (unpaired) electrons. The van der Waals surface area contributed by atoms with E-state index in [1.807, 2.05) is 41.3 Å². The number of rotatable bonds is 9. The molecular weight excluding hydrogens is 659 g/mol. The Hall–Kier alpha value is -4.20. The number of ether oxygens (including phenoxy) is 1. The predicted octanol–water partition coefficient (Wildman–Crippen LogP) is 6.05. The van der Waals surface area contributed by atoms with Gasteiger partial charge in [0.25, 0.3) is 5.92 Å². The van der Waals surface area contributed by atoms with Crippen LogP contribution in [0.5, 0.6) is 0 Å². The number of carboxylic acids is 1. The van der Waals surface area contributed by atoms with E-state index in [4.69, 9.17) is 4.74 Å². The van der Waals surface area contributed by atoms with Crippen molar-refractivity contribution in [1.29, 1.82) is 0 Å². The molecule has 0 aliphatic carbocycles. The first-order valence-corrected chi connectivity index (χ1v) is 16.8. The number of pyridine rings is 1. The van der Waals surface area contributed by atoms with Gasteiger partial charge in [0.05, 0.1) is 31.5 Å². The number of likely N-dealkylation sites (tertiary alicyclic amines) is 2. The third kappa shape index (κ3) is 6.42. The number of alkyl halides is 5. The number of aliphatic carboxylic acids is 1. The topological polar surface area (TPSA) is 95.0 Å². The summed E-state index contributed by atoms with van der Waals surface area (Å²) >= 11 is 0. The van der Waals surface area contributed by atoms with Crippen molar-refractivity contribution in [2.45, 2.75) is 56.4 Å². The van der Waals surface area contributed by atoms with Crippen LogP contribution in [0.3, 0.4) is 0 Å². The Morgan fingerprint density at radius 2 is 1.56 bits per heavy atom. The molecule has 0 saturated carbocycles. The molecule has 3 fully saturated rings. The number of benzene rings is 3. The van der Waals surface area contributed by atoms with E-state index in [2.05, 4.69) is 10.3 Å². The molecule has 0 spiro atoms. The Kier molecular flexibility index (Phi) is 9.02. The van der Waals surface area contributed by atoms with Gasteiger partial charge in [-0.2, -0.15) is 13.2 Å². The van der Waals surface area contributed by atoms with Crippen LogP contribution in [0.2, 0.25) is 0 Å². The second-order valence-corrected chi connectivity index (χ2v) is 13.7. The van der Waals surface area contributed by atoms with Crippen molar-refractivity contribution in [3.8, 4) is 11.3 Å². The summed E-state index contributed by atoms with van der Waals surface area (Å²) in [6.07, 6.45) is -4.54. The van der Waals surface area contributed by atoms with Crippen LogP contribution in [0.15, 0.2) is 66.9 Å². The van der Waals surface area contributed by atoms with Crippen molar-refractivity contribution in [3.63, 3.8) is 0 Å². The zero-order valence-electron chi connectivity index (χ0n) is 27.2. The zero-order chi connectivity index (χ0) is 35.3. The summed E-state index contributed by atoms with van der Waals surface area (Å²) in [5.41, 5.74) is 0.129. The fourth-order valence-corrected chi connectivity index (χ4v) is 7.63. The summed E-state index contributed by atoms with van der Waals surface area (Å²) in [6, 6.07) is 16.8. The van der Waals surface area contributed by atoms with Gasteiger partial charge in [-0.3, -0.25) is 19.6 Å². The van der Waals surface area contributed by atoms with Gasteiger partial charge in [0.15, 0.2) is 0 Å². The fraction of sp³-hybridized carbons (Fsp3) is 0.432. The average molecular weight is 697 g/mol. The lowest BCUT2D eigenvalue weighted by Gasteiger charge is -2.46. The van der Waals surface area contributed by atoms with Crippen LogP contribution >= 0.6 is 0 Å². The summed E-state index contributed by atoms with van der Waals surface area (Å²) in [7, 11) is 0. The lowest BCUT2D eigenvalue weighted by Crippen LogP contribution is -2.61. The monoisotopic (exact) mass is 696 g/mol. The lowest BCUT2D eigenvalue weighted by atomic mass is 9.76. The van der Waals surface area contributed by atoms with Crippen LogP contribution in [0.1, 0.15) is 30.4 Å². The van der Waals surface area contributed by atoms with E-state index in [0.29, 0.717) is 42.9 Å². The number of aromatic nitrogens is 1. The van der Waals surface area contributed by atoms with Crippen LogP contribution in [-0.2, 0) is 27.3 Å². The minimum atomic E-state index is -4.86. The predicted molar refractivity (Wildman–Crippen MR) is 177 cm³/mol. The number of carbonyl (C=O) groups excluding carboxylic acids is 1. The number of hydrogen-bond donors (Lipinski definition) is 2. The number of carbonyl (C=O) groups is 2. The first-order valence-electron chi connectivity index (χ1n) is 16.8. The van der Waals surface area contributed by atoms with Crippen molar-refractivity contribution in [2.75, 3.05) is 39.4 Å². The maximum atomic E-state index is 14.5. The van der Waals surface area contributed by atoms with Crippen LogP contribution in [0, 0.1) is 5.41 Å². The average Bonchev–Trinajstić information content (AvgIpc) is 3.40. The number of amides is 1. The first kappa shape index (κ1) is 34.3. The van der Waals surface area contributed by atoms with Gasteiger partial charge >= 0.3 is 12.1 Å². The number of piperidine rings is 1. The number of hydrogen-bond acceptors (Lipinski definition) is 6. The van der Waals surface area contributed by atoms with Crippen molar-refractivity contribution in [3.05, 3.63) is 78.0 Å². The van der Waals surface area contributed by atoms with E-state index in [1.165, 1.54) is 0 Å². The molecular formula is C37H37F5N4O4. The van der Waals surface area contributed by atoms with Crippen molar-refractivity contribution in [2.24, 2.45) is 5.41 Å². The molecule has 8 nitrogen and oxygen atoms in total. The molecule has 1 amide bonds. The van der Waals surface area contributed by atoms with Crippen LogP contribution in [-0.4, -0.2) is 95.3 Å². The molecule has 0 bridgehead atoms. The number of fused-ring (bicyclic) bond motifs is 2. The molecule has 3 aliphatic rings. The highest BCUT2D eigenvalue weighted by Gasteiger charge is 2.61. The van der Waals surface area contributed by atoms with Gasteiger partial charge in [-0.1, -0.05) is 54.6 Å². The van der Waals surface area contributed by atoms with Gasteiger partial charge in [0, 0.05) is 43.1 Å². The summed E-state index contributed by atoms with van der Waals surface area (Å²) in [5.74, 6) is -5.47. The van der Waals surface area contributed by atoms with E-state index in [9.17, 15) is 36.6 Å². The molecule has 3 aliphatic heterocycles. The summed E-state index contributed by atoms with van der Waals surface area (Å²) < 4.78 is 76.6. The molecule has 1 atom stereocenters. The molecule has 4 heterocycles. The summed E-state index contributed by atoms with van der Waals surface area (Å²) in [5, 5.41) is 15.5. The van der Waals surface area contributed by atoms with Crippen LogP contribution in [0.4, 0.5) is 22.0 Å². The zero-order valence-corrected chi connectivity index (χ0v) is 27.2. The number of nitrogens with one attached hydrogen (secondary N) is 1. The lowest BCUT2D eigenvalue weighted by molar-refractivity contribution is -0.236. The third-order valence-electron chi connectivity index (χ3n) is 10.6. The molecule has 0 unspecified atom stereocenters. The highest BCUT2D eigenvalue weighted by Crippen LogP contribution is 2.47. The smallest absolute Gasteiger partial charge is 0.403 e. The van der Waals surface area contributed by atoms with Crippen molar-refractivity contribution < 1.29 is 41.4 Å². The minimum absolute atomic E-state index is 0.0317. The molecule has 1 aromatic heterocycles. The maximum absolute atomic E-state index is 14.5. The van der Waals surface area contributed by atoms with E-state index < -0.39 is 48.3 Å². The Labute approximate surface area is 285 Å². The Bertz CT molecular complexity index is 1920. The Balaban J connectivity index is 1.16. The second-order valence-electron chi connectivity index (χ2n) is 13.7. The normalized spacial score (nSPS) is 20.5. The quantitative estimate of drug-likeness (QED) is 0.206. The maximum Gasteiger partial charge on any atom is 0.403 e. The first-order chi connectivity index (χ1) is 23.8. The highest BCUT2D eigenvalue weighted by molar-refractivity contribution is 6.05. The van der Waals surface area contributed by atoms with Crippen molar-refractivity contribution >= 4 is 33.4 Å². The van der Waals surface area contributed by atoms with Crippen LogP contribution < -0.4 is 5.32 Å². The molecule has 3 saturated heterocycles. The molecule has 264 valence electrons. The largest absolute Gasteiger partial charge is 0.480 e. The van der Waals surface area contributed by atoms with E-state index in [0.717, 1.165) is 27.3 Å². The van der Waals surface area contributed by atoms with E-state index in [1.54, 1.807) is 35.4 Å².